The molecule has 0 fully saturated rings. The van der Waals surface area contributed by atoms with Crippen LogP contribution in [0.1, 0.15) is 93.2 Å². The number of hydrogen-bond acceptors (Lipinski definition) is 24. The highest BCUT2D eigenvalue weighted by atomic mass is 35.5. The Bertz CT molecular complexity index is 5080. The van der Waals surface area contributed by atoms with Crippen molar-refractivity contribution in [3.05, 3.63) is 306 Å². The maximum absolute atomic E-state index is 14.1. The molecule has 0 saturated carbocycles. The van der Waals surface area contributed by atoms with Gasteiger partial charge in [-0.1, -0.05) is 128 Å². The normalized spacial score (nSPS) is 9.96. The largest absolute Gasteiger partial charge is 0.399 e. The number of anilines is 9. The van der Waals surface area contributed by atoms with E-state index < -0.39 is 59.4 Å². The number of nitro groups is 1. The zero-order valence-electron chi connectivity index (χ0n) is 68.0. The van der Waals surface area contributed by atoms with E-state index in [1.165, 1.54) is 85.6 Å². The number of nitro benzene ring substituents is 1. The number of aliphatic hydroxyl groups excluding tert-OH is 1. The maximum Gasteiger partial charge on any atom is 0.310 e. The molecule has 29 nitrogen and oxygen atoms in total. The van der Waals surface area contributed by atoms with Crippen LogP contribution in [0.4, 0.5) is 92.8 Å². The van der Waals surface area contributed by atoms with Gasteiger partial charge in [0, 0.05) is 61.0 Å². The number of aryl methyl sites for hydroxylation is 6. The zero-order chi connectivity index (χ0) is 94.3. The number of sulfonamides is 2. The Morgan fingerprint density at radius 1 is 0.449 bits per heavy atom. The van der Waals surface area contributed by atoms with E-state index in [-0.39, 0.29) is 102 Å². The number of nitrogens with two attached hydrogens (primary N) is 5. The average molecular weight is 1900 g/mol. The lowest BCUT2D eigenvalue weighted by atomic mass is 10.1. The van der Waals surface area contributed by atoms with Crippen LogP contribution in [0.25, 0.3) is 0 Å². The van der Waals surface area contributed by atoms with Crippen molar-refractivity contribution in [2.75, 3.05) is 78.5 Å². The van der Waals surface area contributed by atoms with Crippen LogP contribution in [0.2, 0.25) is 10.4 Å². The molecular weight excluding hydrogens is 1800 g/mol. The SMILES string of the molecule is C.CC(=O)OC(C)=O.ClCCl.FCCCc1ccc(Nc2nc(Cl)ncc2F)cc1.FCCCc1ccccc1.NS(=O)(=O)c1ccc(Nc2ncc(F)c(Nc3ccc(CCCF)cc3)n2)cc1.Nc1ccc(CCCF)cc1.Nc1ccc(S(N)(=O)=O)cc1.Nc1ncc(F)c(Cl)n1.O=[N+]([O-])O.O=[N+]([O-])c1ccc(CCCF)cc1.OCCCc1ccccc1. The first-order valence-corrected chi connectivity index (χ1v) is 42.2. The number of non-ortho nitro benzene ring substituents is 1. The minimum atomic E-state index is -3.79. The van der Waals surface area contributed by atoms with Crippen molar-refractivity contribution in [1.82, 2.24) is 29.9 Å². The summed E-state index contributed by atoms with van der Waals surface area (Å²) in [5.41, 5.74) is 25.6. The van der Waals surface area contributed by atoms with Gasteiger partial charge < -0.3 is 48.2 Å². The van der Waals surface area contributed by atoms with E-state index in [0.29, 0.717) is 74.1 Å². The quantitative estimate of drug-likeness (QED) is 0.00263. The first-order valence-electron chi connectivity index (χ1n) is 37.3. The van der Waals surface area contributed by atoms with E-state index in [1.807, 2.05) is 97.1 Å². The summed E-state index contributed by atoms with van der Waals surface area (Å²) >= 11 is 20.3. The molecule has 0 spiro atoms. The summed E-state index contributed by atoms with van der Waals surface area (Å²) in [6, 6.07) is 59.8. The van der Waals surface area contributed by atoms with Gasteiger partial charge in [0.05, 0.1) is 72.0 Å². The third-order valence-corrected chi connectivity index (χ3v) is 17.3. The molecule has 3 heterocycles. The second kappa shape index (κ2) is 67.3. The van der Waals surface area contributed by atoms with Gasteiger partial charge in [0.1, 0.15) is 0 Å². The fraction of sp³-hybridized carbons (Fsp3) is 0.262. The number of aromatic nitrogens is 6. The molecule has 0 aliphatic heterocycles. The molecule has 0 atom stereocenters. The molecule has 15 N–H and O–H groups in total. The van der Waals surface area contributed by atoms with Crippen molar-refractivity contribution in [2.24, 2.45) is 10.3 Å². The Morgan fingerprint density at radius 2 is 0.748 bits per heavy atom. The fourth-order valence-corrected chi connectivity index (χ4v) is 10.5. The van der Waals surface area contributed by atoms with Crippen molar-refractivity contribution in [3.63, 3.8) is 0 Å². The number of primary sulfonamides is 2. The molecule has 0 unspecified atom stereocenters. The van der Waals surface area contributed by atoms with Gasteiger partial charge >= 0.3 is 11.9 Å². The number of nitrogens with zero attached hydrogens (tertiary/aromatic N) is 8. The van der Waals surface area contributed by atoms with Crippen LogP contribution in [0.15, 0.2) is 235 Å². The monoisotopic (exact) mass is 1900 g/mol. The summed E-state index contributed by atoms with van der Waals surface area (Å²) < 4.78 is 147. The van der Waals surface area contributed by atoms with Crippen molar-refractivity contribution in [2.45, 2.75) is 108 Å². The molecule has 0 aliphatic carbocycles. The van der Waals surface area contributed by atoms with Gasteiger partial charge in [-0.2, -0.15) is 15.0 Å². The van der Waals surface area contributed by atoms with E-state index in [0.717, 1.165) is 72.2 Å². The molecule has 127 heavy (non-hydrogen) atoms. The highest BCUT2D eigenvalue weighted by molar-refractivity contribution is 7.89. The third kappa shape index (κ3) is 56.5. The summed E-state index contributed by atoms with van der Waals surface area (Å²) in [4.78, 5) is 59.8. The van der Waals surface area contributed by atoms with Crippen LogP contribution in [-0.2, 0) is 72.9 Å². The summed E-state index contributed by atoms with van der Waals surface area (Å²) in [6.45, 7) is 1.14. The number of benzene rings is 8. The Balaban J connectivity index is 0.00000144. The average Bonchev–Trinajstić information content (AvgIpc) is 0.831. The highest BCUT2D eigenvalue weighted by Gasteiger charge is 2.13. The molecule has 0 aliphatic rings. The van der Waals surface area contributed by atoms with Crippen molar-refractivity contribution < 1.29 is 86.6 Å². The van der Waals surface area contributed by atoms with Gasteiger partial charge in [-0.3, -0.25) is 41.7 Å². The Kier molecular flexibility index (Phi) is 60.9. The number of carbonyl (C=O) groups is 2. The van der Waals surface area contributed by atoms with Crippen LogP contribution in [0.5, 0.6) is 0 Å². The zero-order valence-corrected chi connectivity index (χ0v) is 72.7. The molecule has 0 radical (unpaired) electrons. The first kappa shape index (κ1) is 115. The lowest BCUT2D eigenvalue weighted by molar-refractivity contribution is -0.742. The number of hydrogen-bond donors (Lipinski definition) is 10. The number of nitrogens with one attached hydrogen (secondary N) is 3. The van der Waals surface area contributed by atoms with Gasteiger partial charge in [-0.05, 0) is 207 Å². The standard InChI is InChI=1S/C19H19F2N5O2S.C13H12ClF2N3.C9H10FNO2.C9H12FN.C9H11F.C9H12O.C6H8N2O2S.C4H3ClFN3.C4H6O3.CH2Cl2.CH4.HNO3/c20-11-1-2-13-3-5-14(6-4-13)24-18-17(21)12-23-19(26-18)25-15-7-9-16(10-8-15)29(22,27)28;14-13-17-8-11(16)12(19-13)18-10-5-3-9(4-6-10)2-1-7-15;10-7-1-2-8-3-5-9(6-4-8)11(12)13;10-7-1-2-8-3-5-9(11)6-4-8;2*10-8-4-7-9-5-2-1-3-6-9;7-5-1-3-6(4-2-5)11(8,9)10;5-3-2(6)1-8-4(7)9-3;1-3(5)7-4(2)6;2-1-3;;2-1(3)4/h3-10,12H,1-2,11H2,(H2,22,27,28)(H2,23,24,25,26);3-6,8H,1-2,7H2,(H,17,18,19);3-6H,1-2,7H2;3-6H,1-2,7,11H2;1-3,5-6H,4,7-8H2;1-3,5-6,10H,4,7-8H2;1-4H,7H2,(H2,8,9,10);1H,(H2,7,8,9);1-2H3;1H2;1H4;(H,2,3,4). The topological polar surface area (TPSA) is 482 Å². The lowest BCUT2D eigenvalue weighted by Gasteiger charge is -2.10. The van der Waals surface area contributed by atoms with E-state index in [1.54, 1.807) is 36.4 Å². The van der Waals surface area contributed by atoms with Crippen LogP contribution < -0.4 is 43.4 Å². The third-order valence-electron chi connectivity index (χ3n) is 15.0. The molecule has 11 aromatic rings. The minimum Gasteiger partial charge on any atom is -0.399 e. The van der Waals surface area contributed by atoms with Crippen LogP contribution >= 0.6 is 46.4 Å². The number of ether oxygens (including phenoxy) is 1. The summed E-state index contributed by atoms with van der Waals surface area (Å²) in [5, 5.41) is 50.8. The number of alkyl halides is 7. The highest BCUT2D eigenvalue weighted by Crippen LogP contribution is 2.24. The number of rotatable bonds is 27. The molecule has 690 valence electrons. The number of halogens is 12. The van der Waals surface area contributed by atoms with E-state index in [9.17, 15) is 71.7 Å². The molecule has 0 amide bonds. The Hall–Kier alpha value is -12.1. The summed E-state index contributed by atoms with van der Waals surface area (Å²) in [6.07, 6.45) is 11.1. The second-order valence-electron chi connectivity index (χ2n) is 24.9. The van der Waals surface area contributed by atoms with Gasteiger partial charge in [0.15, 0.2) is 34.2 Å². The molecule has 0 bridgehead atoms. The van der Waals surface area contributed by atoms with Crippen molar-refractivity contribution >= 4 is 136 Å². The van der Waals surface area contributed by atoms with E-state index in [2.05, 4.69) is 62.7 Å². The van der Waals surface area contributed by atoms with Gasteiger partial charge in [0.2, 0.25) is 37.2 Å². The molecule has 8 aromatic carbocycles. The van der Waals surface area contributed by atoms with Crippen LogP contribution in [0.3, 0.4) is 0 Å². The van der Waals surface area contributed by atoms with Crippen LogP contribution in [0, 0.1) is 37.7 Å². The van der Waals surface area contributed by atoms with Gasteiger partial charge in [-0.15, -0.1) is 33.3 Å². The number of nitrogen functional groups attached to an aromatic ring is 3. The molecule has 11 rings (SSSR count). The summed E-state index contributed by atoms with van der Waals surface area (Å²) in [7, 11) is -7.36. The van der Waals surface area contributed by atoms with Crippen molar-refractivity contribution in [3.8, 4) is 0 Å². The van der Waals surface area contributed by atoms with E-state index in [4.69, 9.17) is 94.3 Å². The minimum absolute atomic E-state index is 0. The molecule has 3 aromatic heterocycles. The molecule has 0 saturated heterocycles. The van der Waals surface area contributed by atoms with Gasteiger partial charge in [0.25, 0.3) is 10.8 Å². The molecule has 43 heteroatoms. The Labute approximate surface area is 751 Å². The number of carbonyl (C=O) groups excluding carboxylic acids is 2. The fourth-order valence-electron chi connectivity index (χ4n) is 9.20. The maximum atomic E-state index is 14.1. The number of aliphatic hydroxyl groups is 1. The van der Waals surface area contributed by atoms with Gasteiger partial charge in [-0.25, -0.2) is 55.2 Å². The second-order valence-corrected chi connectivity index (χ2v) is 29.5. The van der Waals surface area contributed by atoms with Crippen molar-refractivity contribution in [1.29, 1.82) is 0 Å². The molecular formula is C84H100Cl4F8N16O13S2. The Morgan fingerprint density at radius 3 is 1.07 bits per heavy atom. The number of esters is 2. The first-order chi connectivity index (χ1) is 59.9. The smallest absolute Gasteiger partial charge is 0.310 e. The summed E-state index contributed by atoms with van der Waals surface area (Å²) in [5.74, 6) is -2.91. The predicted molar refractivity (Wildman–Crippen MR) is 481 cm³/mol. The lowest BCUT2D eigenvalue weighted by Crippen LogP contribution is -2.11. The van der Waals surface area contributed by atoms with Crippen LogP contribution in [-0.4, -0.2) is 124 Å². The van der Waals surface area contributed by atoms with E-state index >= 15 is 0 Å². The predicted octanol–water partition coefficient (Wildman–Crippen LogP) is 19.0.